The van der Waals surface area contributed by atoms with Crippen molar-refractivity contribution < 1.29 is 14.3 Å². The van der Waals surface area contributed by atoms with E-state index in [9.17, 15) is 4.79 Å². The van der Waals surface area contributed by atoms with Crippen LogP contribution in [0.4, 0.5) is 10.6 Å². The Morgan fingerprint density at radius 3 is 2.73 bits per heavy atom. The van der Waals surface area contributed by atoms with Crippen LogP contribution in [0.25, 0.3) is 0 Å². The van der Waals surface area contributed by atoms with Crippen LogP contribution in [-0.4, -0.2) is 38.3 Å². The average Bonchev–Trinajstić information content (AvgIpc) is 2.66. The van der Waals surface area contributed by atoms with Gasteiger partial charge >= 0.3 is 6.03 Å². The zero-order valence-electron chi connectivity index (χ0n) is 15.3. The average molecular weight is 356 g/mol. The smallest absolute Gasteiger partial charge is 0.315 e. The van der Waals surface area contributed by atoms with Crippen LogP contribution >= 0.6 is 0 Å². The van der Waals surface area contributed by atoms with E-state index in [1.165, 1.54) is 0 Å². The minimum Gasteiger partial charge on any atom is -0.486 e. The van der Waals surface area contributed by atoms with Crippen molar-refractivity contribution in [2.45, 2.75) is 19.5 Å². The number of hydrogen-bond acceptors (Lipinski definition) is 5. The standard InChI is InChI=1S/C19H24N4O3/c1-13(15-4-5-16-17(11-15)26-9-8-25-16)22-19(24)21-12-14-6-7-20-18(10-14)23(2)3/h4-7,10-11,13H,8-9,12H2,1-3H3,(H2,21,22,24). The predicted molar refractivity (Wildman–Crippen MR) is 99.8 cm³/mol. The van der Waals surface area contributed by atoms with Crippen LogP contribution in [0.5, 0.6) is 11.5 Å². The summed E-state index contributed by atoms with van der Waals surface area (Å²) in [6.07, 6.45) is 1.74. The van der Waals surface area contributed by atoms with Crippen LogP contribution in [0.1, 0.15) is 24.1 Å². The Labute approximate surface area is 153 Å². The lowest BCUT2D eigenvalue weighted by Crippen LogP contribution is -2.36. The normalized spacial score (nSPS) is 13.7. The number of anilines is 1. The predicted octanol–water partition coefficient (Wildman–Crippen LogP) is 2.48. The topological polar surface area (TPSA) is 75.7 Å². The number of pyridine rings is 1. The molecule has 0 aliphatic carbocycles. The molecule has 3 rings (SSSR count). The first-order valence-electron chi connectivity index (χ1n) is 8.59. The van der Waals surface area contributed by atoms with Crippen LogP contribution in [0.15, 0.2) is 36.5 Å². The monoisotopic (exact) mass is 356 g/mol. The third-order valence-corrected chi connectivity index (χ3v) is 4.14. The molecular formula is C19H24N4O3. The minimum atomic E-state index is -0.226. The van der Waals surface area contributed by atoms with Gasteiger partial charge in [-0.15, -0.1) is 0 Å². The van der Waals surface area contributed by atoms with E-state index in [-0.39, 0.29) is 12.1 Å². The Kier molecular flexibility index (Phi) is 5.46. The molecule has 0 saturated heterocycles. The zero-order chi connectivity index (χ0) is 18.5. The molecule has 0 saturated carbocycles. The number of hydrogen-bond donors (Lipinski definition) is 2. The molecular weight excluding hydrogens is 332 g/mol. The van der Waals surface area contributed by atoms with Crippen molar-refractivity contribution in [3.05, 3.63) is 47.7 Å². The van der Waals surface area contributed by atoms with Crippen molar-refractivity contribution in [2.75, 3.05) is 32.2 Å². The second-order valence-corrected chi connectivity index (χ2v) is 6.37. The van der Waals surface area contributed by atoms with Gasteiger partial charge in [-0.2, -0.15) is 0 Å². The van der Waals surface area contributed by atoms with Gasteiger partial charge in [-0.1, -0.05) is 6.07 Å². The van der Waals surface area contributed by atoms with Gasteiger partial charge < -0.3 is 25.0 Å². The van der Waals surface area contributed by atoms with E-state index in [0.717, 1.165) is 28.4 Å². The van der Waals surface area contributed by atoms with E-state index < -0.39 is 0 Å². The van der Waals surface area contributed by atoms with Crippen molar-refractivity contribution in [1.29, 1.82) is 0 Å². The summed E-state index contributed by atoms with van der Waals surface area (Å²) in [6, 6.07) is 9.18. The number of benzene rings is 1. The van der Waals surface area contributed by atoms with Gasteiger partial charge in [0.1, 0.15) is 19.0 Å². The van der Waals surface area contributed by atoms with Gasteiger partial charge in [0, 0.05) is 26.8 Å². The molecule has 1 aliphatic heterocycles. The highest BCUT2D eigenvalue weighted by Gasteiger charge is 2.15. The number of ether oxygens (including phenoxy) is 2. The van der Waals surface area contributed by atoms with Crippen molar-refractivity contribution in [1.82, 2.24) is 15.6 Å². The molecule has 26 heavy (non-hydrogen) atoms. The van der Waals surface area contributed by atoms with E-state index in [1.54, 1.807) is 6.20 Å². The number of nitrogens with zero attached hydrogens (tertiary/aromatic N) is 2. The maximum atomic E-state index is 12.2. The number of aromatic nitrogens is 1. The molecule has 0 spiro atoms. The molecule has 7 nitrogen and oxygen atoms in total. The fourth-order valence-electron chi connectivity index (χ4n) is 2.66. The number of urea groups is 1. The van der Waals surface area contributed by atoms with Crippen LogP contribution in [0, 0.1) is 0 Å². The maximum Gasteiger partial charge on any atom is 0.315 e. The van der Waals surface area contributed by atoms with Gasteiger partial charge in [-0.05, 0) is 42.3 Å². The number of amides is 2. The Balaban J connectivity index is 1.55. The molecule has 1 aromatic carbocycles. The Hall–Kier alpha value is -2.96. The van der Waals surface area contributed by atoms with Gasteiger partial charge in [-0.25, -0.2) is 9.78 Å². The van der Waals surface area contributed by atoms with E-state index in [2.05, 4.69) is 15.6 Å². The van der Waals surface area contributed by atoms with Gasteiger partial charge in [0.15, 0.2) is 11.5 Å². The van der Waals surface area contributed by atoms with E-state index in [0.29, 0.717) is 19.8 Å². The molecule has 0 fully saturated rings. The zero-order valence-corrected chi connectivity index (χ0v) is 15.3. The molecule has 2 amide bonds. The van der Waals surface area contributed by atoms with Crippen LogP contribution in [0.3, 0.4) is 0 Å². The Bertz CT molecular complexity index is 779. The molecule has 2 N–H and O–H groups in total. The van der Waals surface area contributed by atoms with Gasteiger partial charge in [0.25, 0.3) is 0 Å². The first kappa shape index (κ1) is 17.8. The van der Waals surface area contributed by atoms with Crippen LogP contribution < -0.4 is 25.0 Å². The second kappa shape index (κ2) is 7.95. The number of fused-ring (bicyclic) bond motifs is 1. The molecule has 2 aromatic rings. The molecule has 1 aromatic heterocycles. The van der Waals surface area contributed by atoms with Crippen molar-refractivity contribution in [3.63, 3.8) is 0 Å². The summed E-state index contributed by atoms with van der Waals surface area (Å²) in [4.78, 5) is 18.4. The molecule has 138 valence electrons. The lowest BCUT2D eigenvalue weighted by atomic mass is 10.1. The number of rotatable bonds is 5. The fraction of sp³-hybridized carbons (Fsp3) is 0.368. The SMILES string of the molecule is CC(NC(=O)NCc1ccnc(N(C)C)c1)c1ccc2c(c1)OCCO2. The minimum absolute atomic E-state index is 0.152. The lowest BCUT2D eigenvalue weighted by molar-refractivity contribution is 0.171. The molecule has 0 radical (unpaired) electrons. The maximum absolute atomic E-state index is 12.2. The molecule has 2 heterocycles. The highest BCUT2D eigenvalue weighted by molar-refractivity contribution is 5.74. The molecule has 1 unspecified atom stereocenters. The van der Waals surface area contributed by atoms with Gasteiger partial charge in [-0.3, -0.25) is 0 Å². The summed E-state index contributed by atoms with van der Waals surface area (Å²) in [7, 11) is 3.86. The number of carbonyl (C=O) groups is 1. The summed E-state index contributed by atoms with van der Waals surface area (Å²) in [5.74, 6) is 2.32. The van der Waals surface area contributed by atoms with Crippen molar-refractivity contribution in [2.24, 2.45) is 0 Å². The van der Waals surface area contributed by atoms with Crippen molar-refractivity contribution >= 4 is 11.8 Å². The third kappa shape index (κ3) is 4.36. The first-order chi connectivity index (χ1) is 12.5. The summed E-state index contributed by atoms with van der Waals surface area (Å²) in [5, 5.41) is 5.81. The van der Waals surface area contributed by atoms with Gasteiger partial charge in [0.05, 0.1) is 6.04 Å². The molecule has 1 atom stereocenters. The van der Waals surface area contributed by atoms with Crippen LogP contribution in [0.2, 0.25) is 0 Å². The summed E-state index contributed by atoms with van der Waals surface area (Å²) in [5.41, 5.74) is 1.95. The Morgan fingerprint density at radius 1 is 1.19 bits per heavy atom. The molecule has 7 heteroatoms. The Morgan fingerprint density at radius 2 is 1.96 bits per heavy atom. The van der Waals surface area contributed by atoms with Gasteiger partial charge in [0.2, 0.25) is 0 Å². The molecule has 0 bridgehead atoms. The molecule has 1 aliphatic rings. The second-order valence-electron chi connectivity index (χ2n) is 6.37. The third-order valence-electron chi connectivity index (χ3n) is 4.14. The summed E-state index contributed by atoms with van der Waals surface area (Å²) in [6.45, 7) is 3.47. The number of carbonyl (C=O) groups excluding carboxylic acids is 1. The quantitative estimate of drug-likeness (QED) is 0.861. The van der Waals surface area contributed by atoms with E-state index >= 15 is 0 Å². The summed E-state index contributed by atoms with van der Waals surface area (Å²) >= 11 is 0. The number of nitrogens with one attached hydrogen (secondary N) is 2. The van der Waals surface area contributed by atoms with E-state index in [1.807, 2.05) is 56.3 Å². The fourth-order valence-corrected chi connectivity index (χ4v) is 2.66. The largest absolute Gasteiger partial charge is 0.486 e. The van der Waals surface area contributed by atoms with E-state index in [4.69, 9.17) is 9.47 Å². The van der Waals surface area contributed by atoms with Crippen LogP contribution in [-0.2, 0) is 6.54 Å². The summed E-state index contributed by atoms with van der Waals surface area (Å²) < 4.78 is 11.1. The lowest BCUT2D eigenvalue weighted by Gasteiger charge is -2.21. The highest BCUT2D eigenvalue weighted by Crippen LogP contribution is 2.32. The highest BCUT2D eigenvalue weighted by atomic mass is 16.6. The van der Waals surface area contributed by atoms with Crippen molar-refractivity contribution in [3.8, 4) is 11.5 Å². The first-order valence-corrected chi connectivity index (χ1v) is 8.59.